The van der Waals surface area contributed by atoms with Crippen molar-refractivity contribution in [2.75, 3.05) is 21.3 Å². The zero-order valence-corrected chi connectivity index (χ0v) is 23.1. The Morgan fingerprint density at radius 3 is 1.82 bits per heavy atom. The van der Waals surface area contributed by atoms with Gasteiger partial charge in [-0.05, 0) is 48.4 Å². The van der Waals surface area contributed by atoms with E-state index in [1.165, 1.54) is 37.2 Å². The molecule has 2 heterocycles. The summed E-state index contributed by atoms with van der Waals surface area (Å²) >= 11 is 1.18. The van der Waals surface area contributed by atoms with Crippen molar-refractivity contribution in [3.63, 3.8) is 0 Å². The topological polar surface area (TPSA) is 151 Å². The summed E-state index contributed by atoms with van der Waals surface area (Å²) in [5, 5.41) is 7.42. The number of nitrogens with zero attached hydrogens (tertiary/aromatic N) is 2. The normalized spacial score (nSPS) is 14.2. The van der Waals surface area contributed by atoms with E-state index in [-0.39, 0.29) is 11.1 Å². The van der Waals surface area contributed by atoms with E-state index in [0.717, 1.165) is 6.92 Å². The van der Waals surface area contributed by atoms with Crippen LogP contribution in [-0.2, 0) is 23.8 Å². The molecule has 0 fully saturated rings. The van der Waals surface area contributed by atoms with Crippen LogP contribution in [0.2, 0.25) is 0 Å². The van der Waals surface area contributed by atoms with Crippen LogP contribution < -0.4 is 14.9 Å². The number of carboxylic acid groups (broad SMARTS) is 1. The Kier molecular flexibility index (Phi) is 9.51. The zero-order valence-electron chi connectivity index (χ0n) is 22.3. The summed E-state index contributed by atoms with van der Waals surface area (Å²) in [7, 11) is 3.86. The summed E-state index contributed by atoms with van der Waals surface area (Å²) in [6, 6.07) is 12.3. The van der Waals surface area contributed by atoms with Gasteiger partial charge in [0.15, 0.2) is 4.80 Å². The highest BCUT2D eigenvalue weighted by Gasteiger charge is 2.33. The van der Waals surface area contributed by atoms with Crippen LogP contribution in [0.4, 0.5) is 0 Å². The minimum Gasteiger partial charge on any atom is -0.481 e. The lowest BCUT2D eigenvalue weighted by Crippen LogP contribution is -2.39. The van der Waals surface area contributed by atoms with E-state index in [0.29, 0.717) is 37.3 Å². The minimum atomic E-state index is -0.833. The Hall–Kier alpha value is -4.84. The molecule has 0 saturated heterocycles. The van der Waals surface area contributed by atoms with Gasteiger partial charge >= 0.3 is 17.9 Å². The van der Waals surface area contributed by atoms with Crippen molar-refractivity contribution >= 4 is 41.3 Å². The number of ether oxygens (including phenoxy) is 3. The predicted molar refractivity (Wildman–Crippen MR) is 145 cm³/mol. The van der Waals surface area contributed by atoms with Gasteiger partial charge < -0.3 is 19.3 Å². The van der Waals surface area contributed by atoms with Crippen LogP contribution in [0.1, 0.15) is 51.7 Å². The Bertz CT molecular complexity index is 1660. The van der Waals surface area contributed by atoms with E-state index in [2.05, 4.69) is 4.99 Å². The molecule has 40 heavy (non-hydrogen) atoms. The van der Waals surface area contributed by atoms with Crippen LogP contribution in [0, 0.1) is 0 Å². The maximum Gasteiger partial charge on any atom is 0.338 e. The second-order valence-corrected chi connectivity index (χ2v) is 9.33. The minimum absolute atomic E-state index is 0.227. The fourth-order valence-corrected chi connectivity index (χ4v) is 4.96. The van der Waals surface area contributed by atoms with Gasteiger partial charge in [0.2, 0.25) is 0 Å². The molecule has 0 spiro atoms. The van der Waals surface area contributed by atoms with Crippen molar-refractivity contribution in [3.05, 3.63) is 102 Å². The molecule has 0 saturated carbocycles. The molecule has 1 aliphatic rings. The lowest BCUT2D eigenvalue weighted by molar-refractivity contribution is -0.137. The highest BCUT2D eigenvalue weighted by Crippen LogP contribution is 2.30. The molecule has 0 amide bonds. The van der Waals surface area contributed by atoms with Crippen LogP contribution in [0.15, 0.2) is 69.6 Å². The van der Waals surface area contributed by atoms with Gasteiger partial charge in [-0.25, -0.2) is 19.4 Å². The highest BCUT2D eigenvalue weighted by molar-refractivity contribution is 7.07. The zero-order chi connectivity index (χ0) is 29.6. The molecule has 1 unspecified atom stereocenters. The third-order valence-corrected chi connectivity index (χ3v) is 6.69. The van der Waals surface area contributed by atoms with E-state index < -0.39 is 29.9 Å². The fourth-order valence-electron chi connectivity index (χ4n) is 3.91. The smallest absolute Gasteiger partial charge is 0.338 e. The number of aromatic nitrogens is 1. The summed E-state index contributed by atoms with van der Waals surface area (Å²) < 4.78 is 16.3. The number of thiazole rings is 1. The third-order valence-electron chi connectivity index (χ3n) is 5.70. The van der Waals surface area contributed by atoms with Crippen molar-refractivity contribution < 1.29 is 38.5 Å². The summed E-state index contributed by atoms with van der Waals surface area (Å²) in [6.45, 7) is 2.77. The number of carbonyl (C=O) groups excluding carboxylic acids is 3. The third kappa shape index (κ3) is 6.41. The first-order valence-electron chi connectivity index (χ1n) is 11.7. The Balaban J connectivity index is 0.00000103. The number of benzene rings is 2. The van der Waals surface area contributed by atoms with Crippen molar-refractivity contribution in [1.82, 2.24) is 4.57 Å². The van der Waals surface area contributed by atoms with Crippen molar-refractivity contribution in [2.24, 2.45) is 4.99 Å². The second kappa shape index (κ2) is 12.8. The number of methoxy groups -OCH3 is 3. The molecule has 208 valence electrons. The van der Waals surface area contributed by atoms with Gasteiger partial charge in [-0.3, -0.25) is 14.2 Å². The van der Waals surface area contributed by atoms with E-state index >= 15 is 0 Å². The number of esters is 3. The van der Waals surface area contributed by atoms with Crippen LogP contribution in [0.25, 0.3) is 6.08 Å². The molecule has 1 aliphatic heterocycles. The number of aliphatic carboxylic acids is 1. The Morgan fingerprint density at radius 2 is 1.35 bits per heavy atom. The SMILES string of the molecule is CC(=O)O.COC(=O)C1=C(C)N=c2s/c(=C\c3ccc(C(=O)OC)cc3)c(=O)n2C1c1ccc(C(=O)OC)cc1. The molecule has 0 radical (unpaired) electrons. The number of rotatable bonds is 5. The van der Waals surface area contributed by atoms with Gasteiger partial charge in [-0.1, -0.05) is 35.6 Å². The van der Waals surface area contributed by atoms with Crippen molar-refractivity contribution in [2.45, 2.75) is 19.9 Å². The first-order chi connectivity index (χ1) is 19.0. The van der Waals surface area contributed by atoms with Crippen molar-refractivity contribution in [3.8, 4) is 0 Å². The number of allylic oxidation sites excluding steroid dienone is 1. The number of carboxylic acids is 1. The van der Waals surface area contributed by atoms with E-state index in [1.54, 1.807) is 61.5 Å². The van der Waals surface area contributed by atoms with Gasteiger partial charge in [0.05, 0.1) is 54.3 Å². The molecule has 1 atom stereocenters. The van der Waals surface area contributed by atoms with Crippen LogP contribution in [0.5, 0.6) is 0 Å². The quantitative estimate of drug-likeness (QED) is 0.362. The summed E-state index contributed by atoms with van der Waals surface area (Å²) in [6.07, 6.45) is 1.69. The lowest BCUT2D eigenvalue weighted by Gasteiger charge is -2.24. The van der Waals surface area contributed by atoms with Gasteiger partial charge in [0.1, 0.15) is 0 Å². The van der Waals surface area contributed by atoms with E-state index in [1.807, 2.05) is 0 Å². The molecule has 1 N–H and O–H groups in total. The molecule has 0 aliphatic carbocycles. The van der Waals surface area contributed by atoms with Gasteiger partial charge in [0.25, 0.3) is 11.5 Å². The molecule has 4 rings (SSSR count). The fraction of sp³-hybridized carbons (Fsp3) is 0.214. The van der Waals surface area contributed by atoms with Gasteiger partial charge in [0, 0.05) is 6.92 Å². The Morgan fingerprint density at radius 1 is 0.875 bits per heavy atom. The first kappa shape index (κ1) is 29.7. The average molecular weight is 567 g/mol. The molecule has 2 aromatic carbocycles. The molecular weight excluding hydrogens is 540 g/mol. The summed E-state index contributed by atoms with van der Waals surface area (Å²) in [5.74, 6) is -2.39. The van der Waals surface area contributed by atoms with E-state index in [4.69, 9.17) is 24.1 Å². The summed E-state index contributed by atoms with van der Waals surface area (Å²) in [4.78, 5) is 63.8. The molecule has 1 aromatic heterocycles. The number of carbonyl (C=O) groups is 4. The monoisotopic (exact) mass is 566 g/mol. The van der Waals surface area contributed by atoms with Crippen LogP contribution in [-0.4, -0.2) is 54.9 Å². The molecular formula is C28H26N2O9S. The second-order valence-electron chi connectivity index (χ2n) is 8.32. The lowest BCUT2D eigenvalue weighted by atomic mass is 9.95. The average Bonchev–Trinajstić information content (AvgIpc) is 3.25. The summed E-state index contributed by atoms with van der Waals surface area (Å²) in [5.41, 5.74) is 2.35. The maximum absolute atomic E-state index is 13.6. The first-order valence-corrected chi connectivity index (χ1v) is 12.5. The molecule has 12 heteroatoms. The Labute approximate surface area is 232 Å². The predicted octanol–water partition coefficient (Wildman–Crippen LogP) is 2.07. The van der Waals surface area contributed by atoms with E-state index in [9.17, 15) is 19.2 Å². The number of hydrogen-bond acceptors (Lipinski definition) is 10. The number of fused-ring (bicyclic) bond motifs is 1. The van der Waals surface area contributed by atoms with Gasteiger partial charge in [-0.15, -0.1) is 0 Å². The standard InChI is InChI=1S/C26H22N2O7S.C2H4O2/c1-14-20(25(32)35-4)21(16-9-11-18(12-10-16)24(31)34-3)28-22(29)19(36-26(28)27-14)13-15-5-7-17(8-6-15)23(30)33-2;1-2(3)4/h5-13,21H,1-4H3;1H3,(H,3,4)/b19-13-;. The molecule has 0 bridgehead atoms. The van der Waals surface area contributed by atoms with Crippen LogP contribution >= 0.6 is 11.3 Å². The van der Waals surface area contributed by atoms with Crippen molar-refractivity contribution in [1.29, 1.82) is 0 Å². The molecule has 3 aromatic rings. The van der Waals surface area contributed by atoms with Gasteiger partial charge in [-0.2, -0.15) is 0 Å². The largest absolute Gasteiger partial charge is 0.481 e. The van der Waals surface area contributed by atoms with Crippen LogP contribution in [0.3, 0.4) is 0 Å². The highest BCUT2D eigenvalue weighted by atomic mass is 32.1. The number of hydrogen-bond donors (Lipinski definition) is 1. The maximum atomic E-state index is 13.6. The molecule has 11 nitrogen and oxygen atoms in total.